The summed E-state index contributed by atoms with van der Waals surface area (Å²) in [5.74, 6) is 0.453. The molecule has 2 N–H and O–H groups in total. The van der Waals surface area contributed by atoms with E-state index < -0.39 is 0 Å². The van der Waals surface area contributed by atoms with Gasteiger partial charge >= 0.3 is 0 Å². The van der Waals surface area contributed by atoms with E-state index >= 15 is 0 Å². The fourth-order valence-electron chi connectivity index (χ4n) is 2.25. The SMILES string of the molecule is Cc1cnc2c(c1)nc(N)n2-c1cccc(N(C)C)c1. The number of nitrogen functional groups attached to an aromatic ring is 1. The van der Waals surface area contributed by atoms with Gasteiger partial charge in [0.25, 0.3) is 0 Å². The molecule has 102 valence electrons. The number of hydrogen-bond donors (Lipinski definition) is 1. The second kappa shape index (κ2) is 4.52. The summed E-state index contributed by atoms with van der Waals surface area (Å²) in [4.78, 5) is 10.9. The summed E-state index contributed by atoms with van der Waals surface area (Å²) in [6.45, 7) is 1.99. The molecular formula is C15H17N5. The van der Waals surface area contributed by atoms with Crippen LogP contribution in [0, 0.1) is 6.92 Å². The number of rotatable bonds is 2. The second-order valence-corrected chi connectivity index (χ2v) is 5.08. The minimum Gasteiger partial charge on any atom is -0.378 e. The molecule has 3 aromatic rings. The van der Waals surface area contributed by atoms with Crippen LogP contribution < -0.4 is 10.6 Å². The van der Waals surface area contributed by atoms with Gasteiger partial charge in [0.05, 0.1) is 5.69 Å². The highest BCUT2D eigenvalue weighted by Crippen LogP contribution is 2.24. The lowest BCUT2D eigenvalue weighted by atomic mass is 10.2. The van der Waals surface area contributed by atoms with Gasteiger partial charge in [-0.05, 0) is 36.8 Å². The van der Waals surface area contributed by atoms with Crippen molar-refractivity contribution < 1.29 is 0 Å². The number of anilines is 2. The number of pyridine rings is 1. The lowest BCUT2D eigenvalue weighted by Crippen LogP contribution is -2.09. The smallest absolute Gasteiger partial charge is 0.207 e. The standard InChI is InChI=1S/C15H17N5/c1-10-7-13-14(17-9-10)20(15(16)18-13)12-6-4-5-11(8-12)19(2)3/h4-9H,1-3H3,(H2,16,18). The highest BCUT2D eigenvalue weighted by atomic mass is 15.2. The lowest BCUT2D eigenvalue weighted by molar-refractivity contribution is 1.07. The van der Waals surface area contributed by atoms with Crippen molar-refractivity contribution in [1.82, 2.24) is 14.5 Å². The zero-order valence-electron chi connectivity index (χ0n) is 11.8. The van der Waals surface area contributed by atoms with Gasteiger partial charge in [0.1, 0.15) is 5.52 Å². The molecule has 1 aromatic carbocycles. The Balaban J connectivity index is 2.24. The molecule has 0 spiro atoms. The maximum Gasteiger partial charge on any atom is 0.207 e. The highest BCUT2D eigenvalue weighted by molar-refractivity contribution is 5.77. The van der Waals surface area contributed by atoms with E-state index in [4.69, 9.17) is 5.73 Å². The van der Waals surface area contributed by atoms with E-state index in [0.717, 1.165) is 28.1 Å². The summed E-state index contributed by atoms with van der Waals surface area (Å²) in [5.41, 5.74) is 10.8. The summed E-state index contributed by atoms with van der Waals surface area (Å²) in [6, 6.07) is 10.1. The van der Waals surface area contributed by atoms with Crippen molar-refractivity contribution in [2.45, 2.75) is 6.92 Å². The van der Waals surface area contributed by atoms with Crippen LogP contribution in [0.4, 0.5) is 11.6 Å². The number of benzene rings is 1. The number of aryl methyl sites for hydroxylation is 1. The highest BCUT2D eigenvalue weighted by Gasteiger charge is 2.12. The first-order valence-corrected chi connectivity index (χ1v) is 6.44. The van der Waals surface area contributed by atoms with Gasteiger partial charge in [-0.1, -0.05) is 6.07 Å². The molecule has 0 aliphatic heterocycles. The Morgan fingerprint density at radius 1 is 1.20 bits per heavy atom. The summed E-state index contributed by atoms with van der Waals surface area (Å²) >= 11 is 0. The van der Waals surface area contributed by atoms with E-state index in [1.807, 2.05) is 50.0 Å². The summed E-state index contributed by atoms with van der Waals surface area (Å²) in [6.07, 6.45) is 1.83. The zero-order valence-corrected chi connectivity index (χ0v) is 11.8. The number of nitrogens with two attached hydrogens (primary N) is 1. The molecular weight excluding hydrogens is 250 g/mol. The van der Waals surface area contributed by atoms with Crippen molar-refractivity contribution in [2.75, 3.05) is 24.7 Å². The predicted molar refractivity (Wildman–Crippen MR) is 82.3 cm³/mol. The fourth-order valence-corrected chi connectivity index (χ4v) is 2.25. The predicted octanol–water partition coefficient (Wildman–Crippen LogP) is 2.38. The van der Waals surface area contributed by atoms with E-state index in [-0.39, 0.29) is 0 Å². The molecule has 0 saturated carbocycles. The third kappa shape index (κ3) is 1.97. The minimum atomic E-state index is 0.453. The van der Waals surface area contributed by atoms with E-state index in [0.29, 0.717) is 5.95 Å². The molecule has 20 heavy (non-hydrogen) atoms. The number of hydrogen-bond acceptors (Lipinski definition) is 4. The van der Waals surface area contributed by atoms with Crippen LogP contribution in [0.25, 0.3) is 16.9 Å². The fraction of sp³-hybridized carbons (Fsp3) is 0.200. The maximum absolute atomic E-state index is 6.06. The molecule has 0 aliphatic carbocycles. The molecule has 3 rings (SSSR count). The molecule has 5 nitrogen and oxygen atoms in total. The molecule has 0 fully saturated rings. The van der Waals surface area contributed by atoms with Gasteiger partial charge in [0.2, 0.25) is 5.95 Å². The Morgan fingerprint density at radius 3 is 2.75 bits per heavy atom. The molecule has 0 saturated heterocycles. The Bertz CT molecular complexity index is 773. The molecule has 0 atom stereocenters. The Kier molecular flexibility index (Phi) is 2.82. The van der Waals surface area contributed by atoms with Gasteiger partial charge in [0.15, 0.2) is 5.65 Å². The van der Waals surface area contributed by atoms with Gasteiger partial charge in [0, 0.05) is 26.0 Å². The van der Waals surface area contributed by atoms with Gasteiger partial charge in [-0.15, -0.1) is 0 Å². The largest absolute Gasteiger partial charge is 0.378 e. The Morgan fingerprint density at radius 2 is 2.00 bits per heavy atom. The van der Waals surface area contributed by atoms with Crippen LogP contribution in [-0.2, 0) is 0 Å². The third-order valence-electron chi connectivity index (χ3n) is 3.26. The molecule has 0 radical (unpaired) electrons. The van der Waals surface area contributed by atoms with Gasteiger partial charge in [-0.25, -0.2) is 9.97 Å². The van der Waals surface area contributed by atoms with Crippen molar-refractivity contribution in [3.63, 3.8) is 0 Å². The zero-order chi connectivity index (χ0) is 14.3. The van der Waals surface area contributed by atoms with Crippen molar-refractivity contribution >= 4 is 22.8 Å². The quantitative estimate of drug-likeness (QED) is 0.774. The Hall–Kier alpha value is -2.56. The molecule has 2 heterocycles. The molecule has 0 aliphatic rings. The van der Waals surface area contributed by atoms with Gasteiger partial charge in [-0.3, -0.25) is 4.57 Å². The van der Waals surface area contributed by atoms with Crippen LogP contribution in [0.2, 0.25) is 0 Å². The average molecular weight is 267 g/mol. The van der Waals surface area contributed by atoms with Crippen molar-refractivity contribution in [1.29, 1.82) is 0 Å². The molecule has 0 bridgehead atoms. The summed E-state index contributed by atoms with van der Waals surface area (Å²) in [7, 11) is 4.02. The van der Waals surface area contributed by atoms with Crippen LogP contribution in [-0.4, -0.2) is 28.6 Å². The van der Waals surface area contributed by atoms with Crippen LogP contribution in [0.1, 0.15) is 5.56 Å². The summed E-state index contributed by atoms with van der Waals surface area (Å²) in [5, 5.41) is 0. The normalized spacial score (nSPS) is 10.9. The maximum atomic E-state index is 6.06. The van der Waals surface area contributed by atoms with E-state index in [2.05, 4.69) is 27.0 Å². The van der Waals surface area contributed by atoms with Crippen LogP contribution >= 0.6 is 0 Å². The first-order valence-electron chi connectivity index (χ1n) is 6.44. The van der Waals surface area contributed by atoms with Gasteiger partial charge < -0.3 is 10.6 Å². The lowest BCUT2D eigenvalue weighted by Gasteiger charge is -2.14. The number of nitrogens with zero attached hydrogens (tertiary/aromatic N) is 4. The van der Waals surface area contributed by atoms with Crippen molar-refractivity contribution in [3.05, 3.63) is 42.1 Å². The van der Waals surface area contributed by atoms with Crippen molar-refractivity contribution in [3.8, 4) is 5.69 Å². The number of imidazole rings is 1. The van der Waals surface area contributed by atoms with E-state index in [9.17, 15) is 0 Å². The molecule has 0 amide bonds. The molecule has 0 unspecified atom stereocenters. The van der Waals surface area contributed by atoms with E-state index in [1.54, 1.807) is 0 Å². The first kappa shape index (κ1) is 12.5. The first-order chi connectivity index (χ1) is 9.56. The second-order valence-electron chi connectivity index (χ2n) is 5.08. The van der Waals surface area contributed by atoms with Crippen LogP contribution in [0.15, 0.2) is 36.5 Å². The van der Waals surface area contributed by atoms with Crippen LogP contribution in [0.3, 0.4) is 0 Å². The van der Waals surface area contributed by atoms with Crippen LogP contribution in [0.5, 0.6) is 0 Å². The number of aromatic nitrogens is 3. The molecule has 2 aromatic heterocycles. The topological polar surface area (TPSA) is 60.0 Å². The van der Waals surface area contributed by atoms with E-state index in [1.165, 1.54) is 0 Å². The van der Waals surface area contributed by atoms with Gasteiger partial charge in [-0.2, -0.15) is 0 Å². The summed E-state index contributed by atoms with van der Waals surface area (Å²) < 4.78 is 1.88. The minimum absolute atomic E-state index is 0.453. The monoisotopic (exact) mass is 267 g/mol. The molecule has 5 heteroatoms. The third-order valence-corrected chi connectivity index (χ3v) is 3.26. The number of fused-ring (bicyclic) bond motifs is 1. The Labute approximate surface area is 117 Å². The average Bonchev–Trinajstić information content (AvgIpc) is 2.73. The van der Waals surface area contributed by atoms with Crippen molar-refractivity contribution in [2.24, 2.45) is 0 Å².